The zero-order valence-electron chi connectivity index (χ0n) is 17.1. The van der Waals surface area contributed by atoms with Crippen LogP contribution in [0.4, 0.5) is 5.82 Å². The van der Waals surface area contributed by atoms with Crippen LogP contribution in [-0.2, 0) is 4.79 Å². The summed E-state index contributed by atoms with van der Waals surface area (Å²) in [4.78, 5) is 31.5. The lowest BCUT2D eigenvalue weighted by molar-refractivity contribution is -0.123. The smallest absolute Gasteiger partial charge is 0.257 e. The van der Waals surface area contributed by atoms with Crippen LogP contribution in [0.25, 0.3) is 0 Å². The lowest BCUT2D eigenvalue weighted by Crippen LogP contribution is -2.46. The van der Waals surface area contributed by atoms with Crippen LogP contribution in [-0.4, -0.2) is 60.0 Å². The van der Waals surface area contributed by atoms with Gasteiger partial charge in [-0.05, 0) is 64.1 Å². The minimum Gasteiger partial charge on any atom is -0.367 e. The SMILES string of the molecule is CC(C)Nc1ncccc1C(=O)N1CCCC(CNC(=O)C2CCCN2)C1.Cl.Cl. The molecule has 2 amide bonds. The molecule has 1 aromatic rings. The largest absolute Gasteiger partial charge is 0.367 e. The number of halogens is 2. The van der Waals surface area contributed by atoms with E-state index in [9.17, 15) is 9.59 Å². The topological polar surface area (TPSA) is 86.4 Å². The number of nitrogens with one attached hydrogen (secondary N) is 3. The van der Waals surface area contributed by atoms with Crippen LogP contribution in [0.3, 0.4) is 0 Å². The molecule has 29 heavy (non-hydrogen) atoms. The van der Waals surface area contributed by atoms with Gasteiger partial charge in [-0.3, -0.25) is 9.59 Å². The van der Waals surface area contributed by atoms with Gasteiger partial charge in [0.25, 0.3) is 5.91 Å². The molecule has 2 atom stereocenters. The van der Waals surface area contributed by atoms with E-state index in [0.29, 0.717) is 30.4 Å². The molecular weight excluding hydrogens is 413 g/mol. The van der Waals surface area contributed by atoms with E-state index in [2.05, 4.69) is 20.9 Å². The maximum absolute atomic E-state index is 13.0. The Morgan fingerprint density at radius 1 is 1.28 bits per heavy atom. The fourth-order valence-electron chi connectivity index (χ4n) is 3.83. The van der Waals surface area contributed by atoms with E-state index in [0.717, 1.165) is 38.8 Å². The number of carbonyl (C=O) groups excluding carboxylic acids is 2. The molecule has 0 bridgehead atoms. The highest BCUT2D eigenvalue weighted by Crippen LogP contribution is 2.21. The number of amides is 2. The van der Waals surface area contributed by atoms with Crippen molar-refractivity contribution >= 4 is 42.4 Å². The molecule has 2 aliphatic heterocycles. The van der Waals surface area contributed by atoms with Gasteiger partial charge in [-0.15, -0.1) is 24.8 Å². The van der Waals surface area contributed by atoms with E-state index in [1.807, 2.05) is 24.8 Å². The predicted molar refractivity (Wildman–Crippen MR) is 120 cm³/mol. The van der Waals surface area contributed by atoms with Crippen molar-refractivity contribution in [2.75, 3.05) is 31.5 Å². The van der Waals surface area contributed by atoms with Crippen molar-refractivity contribution in [3.63, 3.8) is 0 Å². The Hall–Kier alpha value is -1.57. The highest BCUT2D eigenvalue weighted by Gasteiger charge is 2.28. The average Bonchev–Trinajstić information content (AvgIpc) is 3.21. The molecule has 1 aromatic heterocycles. The van der Waals surface area contributed by atoms with Gasteiger partial charge >= 0.3 is 0 Å². The molecule has 0 aliphatic carbocycles. The molecule has 7 nitrogen and oxygen atoms in total. The molecule has 3 rings (SSSR count). The van der Waals surface area contributed by atoms with Gasteiger partial charge in [-0.25, -0.2) is 4.98 Å². The summed E-state index contributed by atoms with van der Waals surface area (Å²) in [7, 11) is 0. The highest BCUT2D eigenvalue weighted by molar-refractivity contribution is 5.98. The number of hydrogen-bond donors (Lipinski definition) is 3. The molecule has 3 heterocycles. The Kier molecular flexibility index (Phi) is 10.7. The third-order valence-corrected chi connectivity index (χ3v) is 5.21. The second-order valence-electron chi connectivity index (χ2n) is 7.85. The number of hydrogen-bond acceptors (Lipinski definition) is 5. The van der Waals surface area contributed by atoms with Crippen molar-refractivity contribution in [1.29, 1.82) is 0 Å². The first-order valence-electron chi connectivity index (χ1n) is 10.1. The van der Waals surface area contributed by atoms with Crippen molar-refractivity contribution in [3.8, 4) is 0 Å². The van der Waals surface area contributed by atoms with Gasteiger partial charge in [0.1, 0.15) is 5.82 Å². The molecule has 3 N–H and O–H groups in total. The van der Waals surface area contributed by atoms with Crippen molar-refractivity contribution < 1.29 is 9.59 Å². The number of piperidine rings is 1. The third kappa shape index (κ3) is 7.01. The Labute approximate surface area is 185 Å². The van der Waals surface area contributed by atoms with Crippen molar-refractivity contribution in [2.45, 2.75) is 51.6 Å². The summed E-state index contributed by atoms with van der Waals surface area (Å²) in [5.41, 5.74) is 0.617. The van der Waals surface area contributed by atoms with Gasteiger partial charge in [0, 0.05) is 31.9 Å². The fourth-order valence-corrected chi connectivity index (χ4v) is 3.83. The first kappa shape index (κ1) is 25.5. The number of nitrogens with zero attached hydrogens (tertiary/aromatic N) is 2. The lowest BCUT2D eigenvalue weighted by Gasteiger charge is -2.33. The van der Waals surface area contributed by atoms with Gasteiger partial charge in [0.15, 0.2) is 0 Å². The van der Waals surface area contributed by atoms with Gasteiger partial charge in [-0.2, -0.15) is 0 Å². The van der Waals surface area contributed by atoms with Crippen LogP contribution < -0.4 is 16.0 Å². The second kappa shape index (κ2) is 12.2. The summed E-state index contributed by atoms with van der Waals surface area (Å²) in [5.74, 6) is 1.04. The maximum atomic E-state index is 13.0. The highest BCUT2D eigenvalue weighted by atomic mass is 35.5. The zero-order valence-corrected chi connectivity index (χ0v) is 18.8. The minimum absolute atomic E-state index is 0. The average molecular weight is 446 g/mol. The molecule has 0 radical (unpaired) electrons. The lowest BCUT2D eigenvalue weighted by atomic mass is 9.97. The summed E-state index contributed by atoms with van der Waals surface area (Å²) in [6.45, 7) is 7.03. The molecule has 2 unspecified atom stereocenters. The van der Waals surface area contributed by atoms with Crippen LogP contribution >= 0.6 is 24.8 Å². The first-order valence-corrected chi connectivity index (χ1v) is 10.1. The third-order valence-electron chi connectivity index (χ3n) is 5.21. The van der Waals surface area contributed by atoms with Crippen molar-refractivity contribution in [3.05, 3.63) is 23.9 Å². The predicted octanol–water partition coefficient (Wildman–Crippen LogP) is 2.47. The molecule has 0 saturated carbocycles. The summed E-state index contributed by atoms with van der Waals surface area (Å²) in [6.07, 6.45) is 5.66. The summed E-state index contributed by atoms with van der Waals surface area (Å²) in [6, 6.07) is 3.79. The molecule has 9 heteroatoms. The van der Waals surface area contributed by atoms with E-state index in [1.54, 1.807) is 12.3 Å². The normalized spacial score (nSPS) is 21.1. The van der Waals surface area contributed by atoms with Gasteiger partial charge in [0.2, 0.25) is 5.91 Å². The standard InChI is InChI=1S/C20H31N5O2.2ClH/c1-14(2)24-18-16(7-3-10-22-18)20(27)25-11-5-6-15(13-25)12-23-19(26)17-8-4-9-21-17;;/h3,7,10,14-15,17,21H,4-6,8-9,11-13H2,1-2H3,(H,22,24)(H,23,26);2*1H. The Morgan fingerprint density at radius 2 is 2.07 bits per heavy atom. The van der Waals surface area contributed by atoms with E-state index in [-0.39, 0.29) is 48.7 Å². The van der Waals surface area contributed by atoms with Gasteiger partial charge in [-0.1, -0.05) is 0 Å². The summed E-state index contributed by atoms with van der Waals surface area (Å²) >= 11 is 0. The van der Waals surface area contributed by atoms with Crippen LogP contribution in [0.2, 0.25) is 0 Å². The molecule has 2 fully saturated rings. The minimum atomic E-state index is -0.0496. The zero-order chi connectivity index (χ0) is 19.2. The summed E-state index contributed by atoms with van der Waals surface area (Å²) in [5, 5.41) is 9.54. The molecule has 164 valence electrons. The molecular formula is C20H33Cl2N5O2. The number of carbonyl (C=O) groups is 2. The Balaban J connectivity index is 0.00000210. The first-order chi connectivity index (χ1) is 13.0. The molecule has 0 spiro atoms. The fraction of sp³-hybridized carbons (Fsp3) is 0.650. The van der Waals surface area contributed by atoms with E-state index in [1.165, 1.54) is 0 Å². The van der Waals surface area contributed by atoms with Crippen molar-refractivity contribution in [2.24, 2.45) is 5.92 Å². The number of aromatic nitrogens is 1. The van der Waals surface area contributed by atoms with Crippen LogP contribution in [0.5, 0.6) is 0 Å². The van der Waals surface area contributed by atoms with Gasteiger partial charge in [0.05, 0.1) is 11.6 Å². The Morgan fingerprint density at radius 3 is 2.76 bits per heavy atom. The Bertz CT molecular complexity index is 668. The maximum Gasteiger partial charge on any atom is 0.257 e. The molecule has 2 saturated heterocycles. The van der Waals surface area contributed by atoms with E-state index in [4.69, 9.17) is 0 Å². The second-order valence-corrected chi connectivity index (χ2v) is 7.85. The molecule has 0 aromatic carbocycles. The van der Waals surface area contributed by atoms with Crippen molar-refractivity contribution in [1.82, 2.24) is 20.5 Å². The van der Waals surface area contributed by atoms with E-state index >= 15 is 0 Å². The summed E-state index contributed by atoms with van der Waals surface area (Å²) < 4.78 is 0. The number of rotatable bonds is 6. The monoisotopic (exact) mass is 445 g/mol. The number of anilines is 1. The van der Waals surface area contributed by atoms with Crippen LogP contribution in [0, 0.1) is 5.92 Å². The van der Waals surface area contributed by atoms with Gasteiger partial charge < -0.3 is 20.9 Å². The van der Waals surface area contributed by atoms with Crippen LogP contribution in [0.1, 0.15) is 49.9 Å². The molecule has 2 aliphatic rings. The van der Waals surface area contributed by atoms with Crippen LogP contribution in [0.15, 0.2) is 18.3 Å². The quantitative estimate of drug-likeness (QED) is 0.625. The van der Waals surface area contributed by atoms with E-state index < -0.39 is 0 Å². The number of pyridine rings is 1. The number of likely N-dealkylation sites (tertiary alicyclic amines) is 1.